The maximum atomic E-state index is 0. The van der Waals surface area contributed by atoms with Gasteiger partial charge in [0.2, 0.25) is 0 Å². The van der Waals surface area contributed by atoms with E-state index >= 15 is 0 Å². The molecule has 0 aliphatic carbocycles. The Morgan fingerprint density at radius 3 is 0.444 bits per heavy atom. The van der Waals surface area contributed by atoms with Crippen LogP contribution in [0.15, 0.2) is 0 Å². The summed E-state index contributed by atoms with van der Waals surface area (Å²) in [5, 5.41) is 0. The number of halogens is 6. The van der Waals surface area contributed by atoms with Crippen LogP contribution >= 0.6 is 24.8 Å². The zero-order valence-electron chi connectivity index (χ0n) is 4.24. The van der Waals surface area contributed by atoms with Gasteiger partial charge in [-0.05, 0) is 0 Å². The molecule has 0 aliphatic rings. The van der Waals surface area contributed by atoms with Gasteiger partial charge in [-0.3, -0.25) is 0 Å². The Kier molecular flexibility index (Phi) is 10500. The van der Waals surface area contributed by atoms with E-state index in [9.17, 15) is 0 Å². The van der Waals surface area contributed by atoms with Crippen LogP contribution in [0, 0.1) is 7.43 Å². The van der Waals surface area contributed by atoms with Gasteiger partial charge in [0.05, 0.1) is 0 Å². The SMILES string of the molecule is Cl.Cl.N.N.[C+4].[Cl-].[Cl-].[Cl-].[Cl-]. The molecule has 0 unspecified atom stereocenters. The monoisotopic (exact) mass is 258 g/mol. The van der Waals surface area contributed by atoms with Crippen molar-refractivity contribution in [2.75, 3.05) is 0 Å². The van der Waals surface area contributed by atoms with Crippen LogP contribution in [0.1, 0.15) is 0 Å². The molecule has 0 rings (SSSR count). The Morgan fingerprint density at radius 2 is 0.444 bits per heavy atom. The van der Waals surface area contributed by atoms with Gasteiger partial charge in [-0.1, -0.05) is 0 Å². The van der Waals surface area contributed by atoms with E-state index in [1.165, 1.54) is 0 Å². The van der Waals surface area contributed by atoms with E-state index in [2.05, 4.69) is 0 Å². The van der Waals surface area contributed by atoms with E-state index in [0.717, 1.165) is 0 Å². The Balaban J connectivity index is 0. The molecule has 64 valence electrons. The molecule has 0 saturated heterocycles. The fourth-order valence-corrected chi connectivity index (χ4v) is 0. The molecule has 6 N–H and O–H groups in total. The van der Waals surface area contributed by atoms with Gasteiger partial charge in [0.15, 0.2) is 0 Å². The minimum Gasteiger partial charge on any atom is -1.00 e. The average Bonchev–Trinajstić information content (AvgIpc) is 0. The van der Waals surface area contributed by atoms with E-state index < -0.39 is 0 Å². The zero-order chi connectivity index (χ0) is 0. The summed E-state index contributed by atoms with van der Waals surface area (Å²) in [6.07, 6.45) is 0. The molecule has 0 saturated carbocycles. The van der Waals surface area contributed by atoms with E-state index in [1.807, 2.05) is 0 Å². The third-order valence-electron chi connectivity index (χ3n) is 0. The van der Waals surface area contributed by atoms with Crippen molar-refractivity contribution in [3.05, 3.63) is 7.43 Å². The van der Waals surface area contributed by atoms with Crippen molar-refractivity contribution in [1.82, 2.24) is 12.3 Å². The fraction of sp³-hybridized carbons (Fsp3) is 0. The van der Waals surface area contributed by atoms with Crippen LogP contribution < -0.4 is 61.9 Å². The molecule has 8 heteroatoms. The second kappa shape index (κ2) is 263. The van der Waals surface area contributed by atoms with E-state index in [4.69, 9.17) is 0 Å². The topological polar surface area (TPSA) is 70.0 Å². The predicted octanol–water partition coefficient (Wildman–Crippen LogP) is -10.7. The summed E-state index contributed by atoms with van der Waals surface area (Å²) < 4.78 is 0. The minimum atomic E-state index is 0. The molecular formula is CH8Cl6N2. The van der Waals surface area contributed by atoms with Crippen molar-refractivity contribution < 1.29 is 49.6 Å². The Labute approximate surface area is 93.9 Å². The number of hydrogen-bond acceptors (Lipinski definition) is 2. The maximum absolute atomic E-state index is 0. The van der Waals surface area contributed by atoms with Gasteiger partial charge in [-0.25, -0.2) is 0 Å². The minimum absolute atomic E-state index is 0. The van der Waals surface area contributed by atoms with Gasteiger partial charge in [-0.2, -0.15) is 0 Å². The summed E-state index contributed by atoms with van der Waals surface area (Å²) in [6, 6.07) is 0. The number of rotatable bonds is 0. The average molecular weight is 261 g/mol. The summed E-state index contributed by atoms with van der Waals surface area (Å²) in [5.41, 5.74) is 0. The fourth-order valence-electron chi connectivity index (χ4n) is 0. The molecule has 0 radical (unpaired) electrons. The third kappa shape index (κ3) is 206. The van der Waals surface area contributed by atoms with Crippen molar-refractivity contribution in [3.8, 4) is 0 Å². The van der Waals surface area contributed by atoms with Crippen LogP contribution in [0.4, 0.5) is 0 Å². The molecule has 0 heterocycles. The van der Waals surface area contributed by atoms with Crippen LogP contribution in [-0.2, 0) is 0 Å². The van der Waals surface area contributed by atoms with Gasteiger partial charge < -0.3 is 61.9 Å². The van der Waals surface area contributed by atoms with E-state index in [-0.39, 0.29) is 94.2 Å². The molecule has 0 spiro atoms. The summed E-state index contributed by atoms with van der Waals surface area (Å²) in [7, 11) is 0. The van der Waals surface area contributed by atoms with Gasteiger partial charge in [-0.15, -0.1) is 24.8 Å². The Morgan fingerprint density at radius 1 is 0.444 bits per heavy atom. The van der Waals surface area contributed by atoms with Crippen LogP contribution in [0.5, 0.6) is 0 Å². The second-order valence-electron chi connectivity index (χ2n) is 0. The molecular weight excluding hydrogens is 253 g/mol. The van der Waals surface area contributed by atoms with Gasteiger partial charge in [0.25, 0.3) is 0 Å². The molecule has 0 atom stereocenters. The third-order valence-corrected chi connectivity index (χ3v) is 0. The summed E-state index contributed by atoms with van der Waals surface area (Å²) in [6.45, 7) is 0. The standard InChI is InChI=1S/C.6ClH.2H3N/h;6*1H;2*1H3/q+4;;;;;;;;/p-4. The second-order valence-corrected chi connectivity index (χ2v) is 0. The number of hydrogen-bond donors (Lipinski definition) is 2. The molecule has 0 aliphatic heterocycles. The first-order valence-corrected chi connectivity index (χ1v) is 0. The normalized spacial score (nSPS) is 0. The zero-order valence-corrected chi connectivity index (χ0v) is 8.90. The van der Waals surface area contributed by atoms with Crippen molar-refractivity contribution in [2.45, 2.75) is 0 Å². The Bertz CT molecular complexity index is 11.0. The van der Waals surface area contributed by atoms with Crippen LogP contribution in [0.2, 0.25) is 0 Å². The van der Waals surface area contributed by atoms with Crippen molar-refractivity contribution in [3.63, 3.8) is 0 Å². The van der Waals surface area contributed by atoms with Gasteiger partial charge in [0.1, 0.15) is 0 Å². The van der Waals surface area contributed by atoms with E-state index in [0.29, 0.717) is 0 Å². The predicted molar refractivity (Wildman–Crippen MR) is 27.8 cm³/mol. The first kappa shape index (κ1) is 361. The molecule has 0 bridgehead atoms. The van der Waals surface area contributed by atoms with Crippen molar-refractivity contribution in [2.24, 2.45) is 0 Å². The molecule has 0 amide bonds. The Hall–Kier alpha value is 1.66. The van der Waals surface area contributed by atoms with Crippen molar-refractivity contribution in [1.29, 1.82) is 0 Å². The summed E-state index contributed by atoms with van der Waals surface area (Å²) >= 11 is 0. The van der Waals surface area contributed by atoms with Crippen LogP contribution in [-0.4, -0.2) is 0 Å². The smallest absolute Gasteiger partial charge is 1.00 e. The quantitative estimate of drug-likeness (QED) is 0.454. The first-order chi connectivity index (χ1) is 0. The molecule has 2 nitrogen and oxygen atoms in total. The molecule has 0 aromatic rings. The largest absolute Gasteiger partial charge is 4.00 e. The molecule has 0 aromatic carbocycles. The van der Waals surface area contributed by atoms with E-state index in [1.54, 1.807) is 0 Å². The van der Waals surface area contributed by atoms with Gasteiger partial charge in [0, 0.05) is 0 Å². The molecule has 0 fully saturated rings. The molecule has 0 aromatic heterocycles. The van der Waals surface area contributed by atoms with Crippen LogP contribution in [0.3, 0.4) is 0 Å². The first-order valence-electron chi connectivity index (χ1n) is 0. The molecule has 9 heavy (non-hydrogen) atoms. The van der Waals surface area contributed by atoms with Crippen LogP contribution in [0.25, 0.3) is 0 Å². The summed E-state index contributed by atoms with van der Waals surface area (Å²) in [5.74, 6) is 0. The summed E-state index contributed by atoms with van der Waals surface area (Å²) in [4.78, 5) is 0. The van der Waals surface area contributed by atoms with Crippen molar-refractivity contribution >= 4 is 24.8 Å². The van der Waals surface area contributed by atoms with Gasteiger partial charge >= 0.3 is 7.43 Å². The maximum Gasteiger partial charge on any atom is 4.00 e.